The van der Waals surface area contributed by atoms with E-state index >= 15 is 0 Å². The molecule has 0 saturated heterocycles. The molecule has 1 aliphatic rings. The highest BCUT2D eigenvalue weighted by atomic mass is 16.5. The van der Waals surface area contributed by atoms with Crippen molar-refractivity contribution in [2.75, 3.05) is 13.7 Å². The third-order valence-electron chi connectivity index (χ3n) is 3.58. The van der Waals surface area contributed by atoms with Crippen LogP contribution in [-0.4, -0.2) is 25.8 Å². The Bertz CT molecular complexity index is 215. The van der Waals surface area contributed by atoms with Crippen molar-refractivity contribution in [3.8, 4) is 12.3 Å². The van der Waals surface area contributed by atoms with Crippen LogP contribution in [0.15, 0.2) is 0 Å². The molecule has 1 rings (SSSR count). The standard InChI is InChI=1S/C14H25NO/c1-4-9-13(15-3)14(16-5-2)12-10-7-6-8-11-12/h1,12-15H,5-11H2,2-3H3. The molecule has 0 amide bonds. The number of ether oxygens (including phenoxy) is 1. The molecule has 1 aliphatic carbocycles. The molecule has 1 saturated carbocycles. The van der Waals surface area contributed by atoms with E-state index in [0.29, 0.717) is 18.1 Å². The topological polar surface area (TPSA) is 21.3 Å². The average Bonchev–Trinajstić information content (AvgIpc) is 2.35. The molecule has 2 atom stereocenters. The maximum absolute atomic E-state index is 5.93. The Morgan fingerprint density at radius 1 is 1.38 bits per heavy atom. The molecule has 2 heteroatoms. The summed E-state index contributed by atoms with van der Waals surface area (Å²) in [5, 5.41) is 3.32. The van der Waals surface area contributed by atoms with E-state index in [4.69, 9.17) is 11.2 Å². The quantitative estimate of drug-likeness (QED) is 0.699. The van der Waals surface area contributed by atoms with Crippen LogP contribution >= 0.6 is 0 Å². The largest absolute Gasteiger partial charge is 0.377 e. The van der Waals surface area contributed by atoms with Crippen molar-refractivity contribution in [1.82, 2.24) is 5.32 Å². The number of likely N-dealkylation sites (N-methyl/N-ethyl adjacent to an activating group) is 1. The predicted octanol–water partition coefficient (Wildman–Crippen LogP) is 2.58. The zero-order valence-corrected chi connectivity index (χ0v) is 10.7. The van der Waals surface area contributed by atoms with Gasteiger partial charge in [0.15, 0.2) is 0 Å². The average molecular weight is 223 g/mol. The van der Waals surface area contributed by atoms with Gasteiger partial charge in [0.1, 0.15) is 0 Å². The molecule has 2 nitrogen and oxygen atoms in total. The molecular formula is C14H25NO. The van der Waals surface area contributed by atoms with Gasteiger partial charge in [-0.15, -0.1) is 12.3 Å². The van der Waals surface area contributed by atoms with Crippen LogP contribution in [-0.2, 0) is 4.74 Å². The Morgan fingerprint density at radius 2 is 2.06 bits per heavy atom. The van der Waals surface area contributed by atoms with E-state index in [1.54, 1.807) is 0 Å². The zero-order valence-electron chi connectivity index (χ0n) is 10.7. The third-order valence-corrected chi connectivity index (χ3v) is 3.58. The van der Waals surface area contributed by atoms with Crippen LogP contribution in [0, 0.1) is 18.3 Å². The first-order chi connectivity index (χ1) is 7.83. The summed E-state index contributed by atoms with van der Waals surface area (Å²) in [4.78, 5) is 0. The lowest BCUT2D eigenvalue weighted by Gasteiger charge is -2.34. The minimum Gasteiger partial charge on any atom is -0.377 e. The molecule has 92 valence electrons. The smallest absolute Gasteiger partial charge is 0.0765 e. The summed E-state index contributed by atoms with van der Waals surface area (Å²) < 4.78 is 5.93. The molecule has 16 heavy (non-hydrogen) atoms. The van der Waals surface area contributed by atoms with Gasteiger partial charge in [-0.1, -0.05) is 19.3 Å². The third kappa shape index (κ3) is 3.81. The Labute approximate surface area is 100 Å². The van der Waals surface area contributed by atoms with E-state index in [0.717, 1.165) is 13.0 Å². The zero-order chi connectivity index (χ0) is 11.8. The molecule has 0 bridgehead atoms. The van der Waals surface area contributed by atoms with Gasteiger partial charge < -0.3 is 10.1 Å². The molecule has 0 aromatic heterocycles. The van der Waals surface area contributed by atoms with Crippen LogP contribution in [0.3, 0.4) is 0 Å². The highest BCUT2D eigenvalue weighted by Gasteiger charge is 2.29. The number of hydrogen-bond donors (Lipinski definition) is 1. The van der Waals surface area contributed by atoms with E-state index in [1.165, 1.54) is 32.1 Å². The van der Waals surface area contributed by atoms with Gasteiger partial charge in [0, 0.05) is 19.1 Å². The summed E-state index contributed by atoms with van der Waals surface area (Å²) in [5.74, 6) is 3.45. The number of rotatable bonds is 6. The van der Waals surface area contributed by atoms with Gasteiger partial charge in [-0.2, -0.15) is 0 Å². The maximum atomic E-state index is 5.93. The predicted molar refractivity (Wildman–Crippen MR) is 68.3 cm³/mol. The monoisotopic (exact) mass is 223 g/mol. The van der Waals surface area contributed by atoms with Crippen LogP contribution in [0.1, 0.15) is 45.4 Å². The highest BCUT2D eigenvalue weighted by Crippen LogP contribution is 2.30. The fourth-order valence-corrected chi connectivity index (χ4v) is 2.75. The van der Waals surface area contributed by atoms with Crippen molar-refractivity contribution in [2.45, 2.75) is 57.6 Å². The maximum Gasteiger partial charge on any atom is 0.0765 e. The lowest BCUT2D eigenvalue weighted by Crippen LogP contribution is -2.44. The molecule has 0 aromatic carbocycles. The molecule has 0 radical (unpaired) electrons. The van der Waals surface area contributed by atoms with Crippen LogP contribution in [0.4, 0.5) is 0 Å². The molecular weight excluding hydrogens is 198 g/mol. The normalized spacial score (nSPS) is 21.3. The van der Waals surface area contributed by atoms with Gasteiger partial charge in [0.25, 0.3) is 0 Å². The fourth-order valence-electron chi connectivity index (χ4n) is 2.75. The lowest BCUT2D eigenvalue weighted by atomic mass is 9.82. The summed E-state index contributed by atoms with van der Waals surface area (Å²) in [6.45, 7) is 2.85. The van der Waals surface area contributed by atoms with E-state index in [-0.39, 0.29) is 0 Å². The van der Waals surface area contributed by atoms with Crippen molar-refractivity contribution >= 4 is 0 Å². The molecule has 2 unspecified atom stereocenters. The number of terminal acetylenes is 1. The van der Waals surface area contributed by atoms with Crippen molar-refractivity contribution in [3.05, 3.63) is 0 Å². The first kappa shape index (κ1) is 13.5. The van der Waals surface area contributed by atoms with Gasteiger partial charge in [-0.25, -0.2) is 0 Å². The van der Waals surface area contributed by atoms with Crippen molar-refractivity contribution in [2.24, 2.45) is 5.92 Å². The van der Waals surface area contributed by atoms with Crippen LogP contribution in [0.25, 0.3) is 0 Å². The minimum absolute atomic E-state index is 0.298. The Kier molecular flexibility index (Phi) is 6.52. The van der Waals surface area contributed by atoms with E-state index in [1.807, 2.05) is 7.05 Å². The summed E-state index contributed by atoms with van der Waals surface area (Å²) in [6.07, 6.45) is 13.2. The van der Waals surface area contributed by atoms with Gasteiger partial charge in [-0.05, 0) is 32.7 Å². The van der Waals surface area contributed by atoms with E-state index in [2.05, 4.69) is 18.2 Å². The number of hydrogen-bond acceptors (Lipinski definition) is 2. The van der Waals surface area contributed by atoms with Gasteiger partial charge >= 0.3 is 0 Å². The lowest BCUT2D eigenvalue weighted by molar-refractivity contribution is -0.0149. The van der Waals surface area contributed by atoms with Crippen LogP contribution < -0.4 is 5.32 Å². The minimum atomic E-state index is 0.298. The van der Waals surface area contributed by atoms with Gasteiger partial charge in [0.05, 0.1) is 6.10 Å². The second kappa shape index (κ2) is 7.70. The molecule has 1 fully saturated rings. The highest BCUT2D eigenvalue weighted by molar-refractivity contribution is 4.95. The summed E-state index contributed by atoms with van der Waals surface area (Å²) in [5.41, 5.74) is 0. The molecule has 0 aliphatic heterocycles. The van der Waals surface area contributed by atoms with Gasteiger partial charge in [-0.3, -0.25) is 0 Å². The van der Waals surface area contributed by atoms with Crippen LogP contribution in [0.5, 0.6) is 0 Å². The first-order valence-corrected chi connectivity index (χ1v) is 6.55. The van der Waals surface area contributed by atoms with Crippen molar-refractivity contribution in [3.63, 3.8) is 0 Å². The Hall–Kier alpha value is -0.520. The van der Waals surface area contributed by atoms with Crippen molar-refractivity contribution < 1.29 is 4.74 Å². The molecule has 0 spiro atoms. The SMILES string of the molecule is C#CCC(NC)C(OCC)C1CCCCC1. The first-order valence-electron chi connectivity index (χ1n) is 6.55. The van der Waals surface area contributed by atoms with Crippen molar-refractivity contribution in [1.29, 1.82) is 0 Å². The summed E-state index contributed by atoms with van der Waals surface area (Å²) in [7, 11) is 1.98. The summed E-state index contributed by atoms with van der Waals surface area (Å²) >= 11 is 0. The Balaban J connectivity index is 2.59. The van der Waals surface area contributed by atoms with Crippen LogP contribution in [0.2, 0.25) is 0 Å². The molecule has 1 N–H and O–H groups in total. The fraction of sp³-hybridized carbons (Fsp3) is 0.857. The second-order valence-electron chi connectivity index (χ2n) is 4.62. The number of nitrogens with one attached hydrogen (secondary N) is 1. The second-order valence-corrected chi connectivity index (χ2v) is 4.62. The van der Waals surface area contributed by atoms with E-state index < -0.39 is 0 Å². The van der Waals surface area contributed by atoms with E-state index in [9.17, 15) is 0 Å². The molecule has 0 aromatic rings. The Morgan fingerprint density at radius 3 is 2.56 bits per heavy atom. The summed E-state index contributed by atoms with van der Waals surface area (Å²) in [6, 6.07) is 0.313. The van der Waals surface area contributed by atoms with Gasteiger partial charge in [0.2, 0.25) is 0 Å². The molecule has 0 heterocycles.